The Hall–Kier alpha value is -1.70. The Bertz CT molecular complexity index is 608. The highest BCUT2D eigenvalue weighted by atomic mass is 79.9. The highest BCUT2D eigenvalue weighted by Gasteiger charge is 2.09. The first-order valence-corrected chi connectivity index (χ1v) is 7.27. The van der Waals surface area contributed by atoms with Gasteiger partial charge in [-0.1, -0.05) is 28.1 Å². The van der Waals surface area contributed by atoms with E-state index in [0.717, 1.165) is 10.0 Å². The lowest BCUT2D eigenvalue weighted by Gasteiger charge is -2.16. The minimum absolute atomic E-state index is 0.0958. The molecule has 112 valence electrons. The predicted octanol–water partition coefficient (Wildman–Crippen LogP) is 2.84. The van der Waals surface area contributed by atoms with Gasteiger partial charge in [-0.2, -0.15) is 0 Å². The molecule has 0 saturated heterocycles. The van der Waals surface area contributed by atoms with Crippen LogP contribution in [0.25, 0.3) is 0 Å². The molecule has 1 aromatic heterocycles. The number of hydrazine groups is 1. The van der Waals surface area contributed by atoms with Crippen LogP contribution < -0.4 is 16.6 Å². The van der Waals surface area contributed by atoms with E-state index in [0.29, 0.717) is 24.1 Å². The number of aromatic nitrogens is 2. The molecule has 0 bridgehead atoms. The van der Waals surface area contributed by atoms with E-state index in [1.54, 1.807) is 13.2 Å². The van der Waals surface area contributed by atoms with Crippen molar-refractivity contribution in [1.82, 2.24) is 9.97 Å². The number of halogens is 1. The number of rotatable bonds is 6. The fourth-order valence-electron chi connectivity index (χ4n) is 1.92. The van der Waals surface area contributed by atoms with Gasteiger partial charge in [0.2, 0.25) is 0 Å². The molecule has 0 aliphatic carbocycles. The molecular weight excluding hydrogens is 334 g/mol. The number of nitrogens with two attached hydrogens (primary N) is 1. The van der Waals surface area contributed by atoms with Crippen LogP contribution in [0.5, 0.6) is 0 Å². The van der Waals surface area contributed by atoms with Gasteiger partial charge in [0.15, 0.2) is 5.82 Å². The van der Waals surface area contributed by atoms with E-state index in [-0.39, 0.29) is 6.04 Å². The summed E-state index contributed by atoms with van der Waals surface area (Å²) in [5.41, 5.74) is 3.69. The topological polar surface area (TPSA) is 85.1 Å². The minimum atomic E-state index is 0.0958. The lowest BCUT2D eigenvalue weighted by Crippen LogP contribution is -2.14. The molecular formula is C14H18BrN5O. The Morgan fingerprint density at radius 2 is 2.05 bits per heavy atom. The fraction of sp³-hybridized carbons (Fsp3) is 0.286. The average molecular weight is 352 g/mol. The van der Waals surface area contributed by atoms with Crippen LogP contribution in [-0.4, -0.2) is 17.1 Å². The van der Waals surface area contributed by atoms with E-state index in [4.69, 9.17) is 10.6 Å². The van der Waals surface area contributed by atoms with Crippen molar-refractivity contribution >= 4 is 27.6 Å². The van der Waals surface area contributed by atoms with Crippen molar-refractivity contribution < 1.29 is 4.74 Å². The molecule has 0 amide bonds. The molecule has 0 fully saturated rings. The Labute approximate surface area is 132 Å². The second kappa shape index (κ2) is 7.35. The van der Waals surface area contributed by atoms with Crippen LogP contribution in [0.15, 0.2) is 34.8 Å². The first-order valence-electron chi connectivity index (χ1n) is 6.48. The Morgan fingerprint density at radius 3 is 2.71 bits per heavy atom. The van der Waals surface area contributed by atoms with Gasteiger partial charge in [0.1, 0.15) is 18.2 Å². The summed E-state index contributed by atoms with van der Waals surface area (Å²) < 4.78 is 6.10. The molecule has 0 aliphatic heterocycles. The molecule has 0 saturated carbocycles. The molecule has 0 radical (unpaired) electrons. The number of nitrogens with zero attached hydrogens (tertiary/aromatic N) is 2. The fourth-order valence-corrected chi connectivity index (χ4v) is 2.34. The zero-order valence-corrected chi connectivity index (χ0v) is 13.5. The molecule has 1 atom stereocenters. The second-order valence-electron chi connectivity index (χ2n) is 4.55. The van der Waals surface area contributed by atoms with Gasteiger partial charge in [-0.3, -0.25) is 0 Å². The highest BCUT2D eigenvalue weighted by Crippen LogP contribution is 2.22. The summed E-state index contributed by atoms with van der Waals surface area (Å²) in [6.45, 7) is 2.39. The van der Waals surface area contributed by atoms with Crippen molar-refractivity contribution in [2.24, 2.45) is 5.84 Å². The summed E-state index contributed by atoms with van der Waals surface area (Å²) in [5.74, 6) is 7.23. The van der Waals surface area contributed by atoms with Gasteiger partial charge in [-0.15, -0.1) is 0 Å². The van der Waals surface area contributed by atoms with Crippen LogP contribution in [0.4, 0.5) is 11.6 Å². The molecule has 1 unspecified atom stereocenters. The maximum Gasteiger partial charge on any atom is 0.158 e. The normalized spacial score (nSPS) is 12.0. The van der Waals surface area contributed by atoms with Crippen molar-refractivity contribution in [3.8, 4) is 0 Å². The van der Waals surface area contributed by atoms with E-state index in [1.807, 2.05) is 12.1 Å². The molecule has 4 N–H and O–H groups in total. The zero-order chi connectivity index (χ0) is 15.2. The predicted molar refractivity (Wildman–Crippen MR) is 86.7 cm³/mol. The summed E-state index contributed by atoms with van der Waals surface area (Å²) in [4.78, 5) is 8.62. The maximum atomic E-state index is 5.43. The molecule has 1 aromatic carbocycles. The number of anilines is 2. The van der Waals surface area contributed by atoms with E-state index in [2.05, 4.69) is 55.7 Å². The maximum absolute atomic E-state index is 5.43. The quantitative estimate of drug-likeness (QED) is 0.548. The summed E-state index contributed by atoms with van der Waals surface area (Å²) in [6.07, 6.45) is 0. The SMILES string of the molecule is COCc1nc(NN)cc(NC(C)c2cccc(Br)c2)n1. The highest BCUT2D eigenvalue weighted by molar-refractivity contribution is 9.10. The number of hydrogen-bond donors (Lipinski definition) is 3. The van der Waals surface area contributed by atoms with Crippen molar-refractivity contribution in [2.75, 3.05) is 17.9 Å². The number of benzene rings is 1. The monoisotopic (exact) mass is 351 g/mol. The summed E-state index contributed by atoms with van der Waals surface area (Å²) in [6, 6.07) is 9.97. The van der Waals surface area contributed by atoms with E-state index >= 15 is 0 Å². The Kier molecular flexibility index (Phi) is 5.49. The molecule has 6 nitrogen and oxygen atoms in total. The van der Waals surface area contributed by atoms with Crippen molar-refractivity contribution in [1.29, 1.82) is 0 Å². The van der Waals surface area contributed by atoms with Gasteiger partial charge in [-0.25, -0.2) is 15.8 Å². The first kappa shape index (κ1) is 15.7. The molecule has 2 rings (SSSR count). The zero-order valence-electron chi connectivity index (χ0n) is 11.9. The molecule has 2 aromatic rings. The van der Waals surface area contributed by atoms with Gasteiger partial charge in [0, 0.05) is 23.7 Å². The molecule has 0 spiro atoms. The van der Waals surface area contributed by atoms with Crippen LogP contribution in [0.3, 0.4) is 0 Å². The minimum Gasteiger partial charge on any atom is -0.377 e. The molecule has 0 aliphatic rings. The van der Waals surface area contributed by atoms with Gasteiger partial charge in [0.25, 0.3) is 0 Å². The molecule has 21 heavy (non-hydrogen) atoms. The van der Waals surface area contributed by atoms with Crippen LogP contribution in [-0.2, 0) is 11.3 Å². The van der Waals surface area contributed by atoms with Crippen LogP contribution in [0, 0.1) is 0 Å². The van der Waals surface area contributed by atoms with Gasteiger partial charge in [-0.05, 0) is 24.6 Å². The number of hydrogen-bond acceptors (Lipinski definition) is 6. The summed E-state index contributed by atoms with van der Waals surface area (Å²) in [7, 11) is 1.60. The van der Waals surface area contributed by atoms with Gasteiger partial charge in [0.05, 0.1) is 0 Å². The van der Waals surface area contributed by atoms with Crippen molar-refractivity contribution in [3.05, 3.63) is 46.2 Å². The average Bonchev–Trinajstić information content (AvgIpc) is 2.47. The first-order chi connectivity index (χ1) is 10.1. The number of nitrogens with one attached hydrogen (secondary N) is 2. The van der Waals surface area contributed by atoms with Crippen molar-refractivity contribution in [2.45, 2.75) is 19.6 Å². The number of nitrogen functional groups attached to an aromatic ring is 1. The molecule has 1 heterocycles. The third-order valence-electron chi connectivity index (χ3n) is 2.91. The summed E-state index contributed by atoms with van der Waals surface area (Å²) in [5, 5.41) is 3.34. The molecule has 7 heteroatoms. The second-order valence-corrected chi connectivity index (χ2v) is 5.47. The van der Waals surface area contributed by atoms with E-state index in [9.17, 15) is 0 Å². The third-order valence-corrected chi connectivity index (χ3v) is 3.40. The third kappa shape index (κ3) is 4.38. The van der Waals surface area contributed by atoms with Crippen LogP contribution in [0.2, 0.25) is 0 Å². The standard InChI is InChI=1S/C14H18BrN5O/c1-9(10-4-3-5-11(15)6-10)17-12-7-13(20-16)19-14(18-12)8-21-2/h3-7,9H,8,16H2,1-2H3,(H2,17,18,19,20). The lowest BCUT2D eigenvalue weighted by atomic mass is 10.1. The van der Waals surface area contributed by atoms with Crippen LogP contribution in [0.1, 0.15) is 24.4 Å². The van der Waals surface area contributed by atoms with Gasteiger partial charge < -0.3 is 15.5 Å². The van der Waals surface area contributed by atoms with Crippen LogP contribution >= 0.6 is 15.9 Å². The smallest absolute Gasteiger partial charge is 0.158 e. The van der Waals surface area contributed by atoms with E-state index < -0.39 is 0 Å². The summed E-state index contributed by atoms with van der Waals surface area (Å²) >= 11 is 3.47. The number of methoxy groups -OCH3 is 1. The number of ether oxygens (including phenoxy) is 1. The Balaban J connectivity index is 2.19. The van der Waals surface area contributed by atoms with E-state index in [1.165, 1.54) is 0 Å². The lowest BCUT2D eigenvalue weighted by molar-refractivity contribution is 0.178. The van der Waals surface area contributed by atoms with Crippen molar-refractivity contribution in [3.63, 3.8) is 0 Å². The Morgan fingerprint density at radius 1 is 1.29 bits per heavy atom. The van der Waals surface area contributed by atoms with Gasteiger partial charge >= 0.3 is 0 Å². The largest absolute Gasteiger partial charge is 0.377 e.